The second-order valence-corrected chi connectivity index (χ2v) is 6.33. The van der Waals surface area contributed by atoms with Crippen molar-refractivity contribution in [1.29, 1.82) is 0 Å². The molecule has 2 atom stereocenters. The fraction of sp³-hybridized carbons (Fsp3) is 0.562. The van der Waals surface area contributed by atoms with Crippen LogP contribution in [0.15, 0.2) is 18.2 Å². The van der Waals surface area contributed by atoms with E-state index in [1.165, 1.54) is 19.2 Å². The molecule has 0 fully saturated rings. The number of ether oxygens (including phenoxy) is 1. The Morgan fingerprint density at radius 1 is 1.36 bits per heavy atom. The molecule has 6 heteroatoms. The summed E-state index contributed by atoms with van der Waals surface area (Å²) < 4.78 is 32.2. The number of rotatable bonds is 6. The Morgan fingerprint density at radius 2 is 2.00 bits per heavy atom. The number of nitrogens with two attached hydrogens (primary N) is 1. The number of hydrogen-bond donors (Lipinski definition) is 2. The Hall–Kier alpha value is -1.53. The fourth-order valence-corrected chi connectivity index (χ4v) is 2.19. The lowest BCUT2D eigenvalue weighted by atomic mass is 9.82. The Bertz CT molecular complexity index is 511. The van der Waals surface area contributed by atoms with Crippen LogP contribution in [-0.4, -0.2) is 25.7 Å². The van der Waals surface area contributed by atoms with Crippen LogP contribution < -0.4 is 11.1 Å². The number of nitrogens with one attached hydrogen (secondary N) is 1. The first-order chi connectivity index (χ1) is 10.2. The van der Waals surface area contributed by atoms with Gasteiger partial charge < -0.3 is 15.8 Å². The molecule has 0 aromatic heterocycles. The molecule has 124 valence electrons. The van der Waals surface area contributed by atoms with Crippen molar-refractivity contribution in [2.24, 2.45) is 11.1 Å². The van der Waals surface area contributed by atoms with Gasteiger partial charge in [-0.15, -0.1) is 0 Å². The van der Waals surface area contributed by atoms with E-state index >= 15 is 0 Å². The topological polar surface area (TPSA) is 64.3 Å². The first-order valence-electron chi connectivity index (χ1n) is 7.16. The smallest absolute Gasteiger partial charge is 0.223 e. The molecule has 1 aromatic rings. The van der Waals surface area contributed by atoms with Crippen molar-refractivity contribution in [2.75, 3.05) is 13.7 Å². The van der Waals surface area contributed by atoms with E-state index in [0.717, 1.165) is 6.07 Å². The molecule has 0 spiro atoms. The van der Waals surface area contributed by atoms with E-state index < -0.39 is 29.2 Å². The van der Waals surface area contributed by atoms with Crippen LogP contribution in [0.1, 0.15) is 38.8 Å². The van der Waals surface area contributed by atoms with Crippen molar-refractivity contribution in [3.05, 3.63) is 35.4 Å². The van der Waals surface area contributed by atoms with Gasteiger partial charge in [0.05, 0.1) is 18.6 Å². The Labute approximate surface area is 130 Å². The van der Waals surface area contributed by atoms with Gasteiger partial charge in [-0.25, -0.2) is 8.78 Å². The highest BCUT2D eigenvalue weighted by molar-refractivity contribution is 5.77. The third kappa shape index (κ3) is 5.03. The zero-order valence-corrected chi connectivity index (χ0v) is 13.5. The first kappa shape index (κ1) is 18.5. The molecule has 0 saturated heterocycles. The van der Waals surface area contributed by atoms with Gasteiger partial charge in [0.15, 0.2) is 0 Å². The summed E-state index contributed by atoms with van der Waals surface area (Å²) in [5.41, 5.74) is 5.30. The maximum atomic E-state index is 14.0. The minimum Gasteiger partial charge on any atom is -0.380 e. The molecular formula is C16H24F2N2O2. The Kier molecular flexibility index (Phi) is 6.44. The van der Waals surface area contributed by atoms with Gasteiger partial charge in [0.2, 0.25) is 5.91 Å². The van der Waals surface area contributed by atoms with Gasteiger partial charge in [0.1, 0.15) is 11.6 Å². The molecule has 2 unspecified atom stereocenters. The summed E-state index contributed by atoms with van der Waals surface area (Å²) in [6, 6.07) is 2.77. The van der Waals surface area contributed by atoms with Crippen molar-refractivity contribution in [1.82, 2.24) is 5.32 Å². The molecule has 22 heavy (non-hydrogen) atoms. The average molecular weight is 314 g/mol. The van der Waals surface area contributed by atoms with Gasteiger partial charge in [-0.3, -0.25) is 4.79 Å². The van der Waals surface area contributed by atoms with Gasteiger partial charge in [0.25, 0.3) is 0 Å². The predicted molar refractivity (Wildman–Crippen MR) is 81.2 cm³/mol. The zero-order valence-electron chi connectivity index (χ0n) is 13.5. The molecule has 0 aliphatic heterocycles. The summed E-state index contributed by atoms with van der Waals surface area (Å²) in [5.74, 6) is -1.62. The summed E-state index contributed by atoms with van der Waals surface area (Å²) in [7, 11) is 1.48. The van der Waals surface area contributed by atoms with E-state index in [4.69, 9.17) is 10.5 Å². The van der Waals surface area contributed by atoms with Crippen LogP contribution >= 0.6 is 0 Å². The lowest BCUT2D eigenvalue weighted by molar-refractivity contribution is -0.125. The van der Waals surface area contributed by atoms with Gasteiger partial charge >= 0.3 is 0 Å². The minimum atomic E-state index is -0.678. The van der Waals surface area contributed by atoms with Gasteiger partial charge in [0, 0.05) is 25.3 Å². The quantitative estimate of drug-likeness (QED) is 0.848. The van der Waals surface area contributed by atoms with Crippen LogP contribution in [0, 0.1) is 17.0 Å². The summed E-state index contributed by atoms with van der Waals surface area (Å²) in [4.78, 5) is 12.1. The highest BCUT2D eigenvalue weighted by atomic mass is 19.1. The van der Waals surface area contributed by atoms with Crippen LogP contribution in [-0.2, 0) is 9.53 Å². The molecule has 1 aromatic carbocycles. The fourth-order valence-electron chi connectivity index (χ4n) is 2.19. The third-order valence-electron chi connectivity index (χ3n) is 3.45. The van der Waals surface area contributed by atoms with Crippen LogP contribution in [0.4, 0.5) is 8.78 Å². The molecule has 0 aliphatic rings. The maximum absolute atomic E-state index is 14.0. The molecule has 3 N–H and O–H groups in total. The van der Waals surface area contributed by atoms with Crippen molar-refractivity contribution in [2.45, 2.75) is 39.3 Å². The molecule has 0 radical (unpaired) electrons. The minimum absolute atomic E-state index is 0.0857. The molecule has 4 nitrogen and oxygen atoms in total. The van der Waals surface area contributed by atoms with Crippen LogP contribution in [0.25, 0.3) is 0 Å². The standard InChI is InChI=1S/C16H24F2N2O2/c1-16(2,3)15(12-6-5-10(17)7-13(12)18)20-14(21)8-11(9-19)22-4/h5-7,11,15H,8-9,19H2,1-4H3,(H,20,21). The second-order valence-electron chi connectivity index (χ2n) is 6.33. The number of methoxy groups -OCH3 is 1. The van der Waals surface area contributed by atoms with Gasteiger partial charge in [-0.05, 0) is 11.5 Å². The monoisotopic (exact) mass is 314 g/mol. The summed E-state index contributed by atoms with van der Waals surface area (Å²) in [6.07, 6.45) is -0.304. The molecular weight excluding hydrogens is 290 g/mol. The van der Waals surface area contributed by atoms with E-state index in [1.807, 2.05) is 20.8 Å². The maximum Gasteiger partial charge on any atom is 0.223 e. The van der Waals surface area contributed by atoms with Crippen LogP contribution in [0.3, 0.4) is 0 Å². The number of halogens is 2. The van der Waals surface area contributed by atoms with E-state index in [-0.39, 0.29) is 24.4 Å². The van der Waals surface area contributed by atoms with E-state index in [9.17, 15) is 13.6 Å². The molecule has 0 heterocycles. The highest BCUT2D eigenvalue weighted by Gasteiger charge is 2.30. The van der Waals surface area contributed by atoms with Crippen molar-refractivity contribution in [3.8, 4) is 0 Å². The number of amides is 1. The van der Waals surface area contributed by atoms with Crippen LogP contribution in [0.5, 0.6) is 0 Å². The average Bonchev–Trinajstić information content (AvgIpc) is 2.41. The third-order valence-corrected chi connectivity index (χ3v) is 3.45. The van der Waals surface area contributed by atoms with Crippen LogP contribution in [0.2, 0.25) is 0 Å². The SMILES string of the molecule is COC(CN)CC(=O)NC(c1ccc(F)cc1F)C(C)(C)C. The number of carbonyl (C=O) groups excluding carboxylic acids is 1. The first-order valence-corrected chi connectivity index (χ1v) is 7.16. The Balaban J connectivity index is 2.98. The van der Waals surface area contributed by atoms with Crippen molar-refractivity contribution in [3.63, 3.8) is 0 Å². The summed E-state index contributed by atoms with van der Waals surface area (Å²) in [6.45, 7) is 5.83. The highest BCUT2D eigenvalue weighted by Crippen LogP contribution is 2.34. The molecule has 1 amide bonds. The normalized spacial score (nSPS) is 14.5. The lowest BCUT2D eigenvalue weighted by Gasteiger charge is -2.32. The summed E-state index contributed by atoms with van der Waals surface area (Å²) in [5, 5.41) is 2.80. The molecule has 0 aliphatic carbocycles. The lowest BCUT2D eigenvalue weighted by Crippen LogP contribution is -2.39. The predicted octanol–water partition coefficient (Wildman–Crippen LogP) is 2.53. The molecule has 0 bridgehead atoms. The Morgan fingerprint density at radius 3 is 2.45 bits per heavy atom. The number of hydrogen-bond acceptors (Lipinski definition) is 3. The summed E-state index contributed by atoms with van der Waals surface area (Å²) >= 11 is 0. The van der Waals surface area contributed by atoms with E-state index in [1.54, 1.807) is 0 Å². The van der Waals surface area contributed by atoms with E-state index in [0.29, 0.717) is 0 Å². The van der Waals surface area contributed by atoms with Crippen molar-refractivity contribution < 1.29 is 18.3 Å². The van der Waals surface area contributed by atoms with Gasteiger partial charge in [-0.2, -0.15) is 0 Å². The van der Waals surface area contributed by atoms with Crippen molar-refractivity contribution >= 4 is 5.91 Å². The largest absolute Gasteiger partial charge is 0.380 e. The number of benzene rings is 1. The molecule has 0 saturated carbocycles. The van der Waals surface area contributed by atoms with E-state index in [2.05, 4.69) is 5.32 Å². The second kappa shape index (κ2) is 7.65. The zero-order chi connectivity index (χ0) is 16.9. The van der Waals surface area contributed by atoms with Gasteiger partial charge in [-0.1, -0.05) is 26.8 Å². The molecule has 1 rings (SSSR count). The number of carbonyl (C=O) groups is 1.